The highest BCUT2D eigenvalue weighted by atomic mass is 79.9. The molecule has 1 nitrogen and oxygen atoms in total. The van der Waals surface area contributed by atoms with Crippen LogP contribution in [0.2, 0.25) is 5.02 Å². The first kappa shape index (κ1) is 14.8. The quantitative estimate of drug-likeness (QED) is 0.589. The Morgan fingerprint density at radius 3 is 2.58 bits per heavy atom. The number of ether oxygens (including phenoxy) is 1. The van der Waals surface area contributed by atoms with Crippen LogP contribution in [-0.2, 0) is 0 Å². The Bertz CT molecular complexity index is 584. The molecule has 0 saturated heterocycles. The summed E-state index contributed by atoms with van der Waals surface area (Å²) in [5.41, 5.74) is 1.32. The van der Waals surface area contributed by atoms with Crippen molar-refractivity contribution in [2.24, 2.45) is 0 Å². The van der Waals surface area contributed by atoms with Gasteiger partial charge < -0.3 is 4.74 Å². The molecule has 1 atom stereocenters. The van der Waals surface area contributed by atoms with Crippen LogP contribution in [0.4, 0.5) is 4.39 Å². The van der Waals surface area contributed by atoms with Gasteiger partial charge in [-0.2, -0.15) is 0 Å². The van der Waals surface area contributed by atoms with Gasteiger partial charge in [-0.25, -0.2) is 4.39 Å². The normalized spacial score (nSPS) is 12.3. The van der Waals surface area contributed by atoms with Gasteiger partial charge in [-0.3, -0.25) is 0 Å². The van der Waals surface area contributed by atoms with Gasteiger partial charge in [0.15, 0.2) is 0 Å². The molecule has 0 spiro atoms. The number of benzene rings is 2. The Kier molecular flexibility index (Phi) is 4.87. The molecule has 0 saturated carbocycles. The van der Waals surface area contributed by atoms with E-state index in [4.69, 9.17) is 16.3 Å². The summed E-state index contributed by atoms with van der Waals surface area (Å²) in [4.78, 5) is -0.316. The smallest absolute Gasteiger partial charge is 0.133 e. The Hall–Kier alpha value is -0.580. The Morgan fingerprint density at radius 1 is 1.26 bits per heavy atom. The van der Waals surface area contributed by atoms with Crippen molar-refractivity contribution in [2.45, 2.75) is 4.83 Å². The van der Waals surface area contributed by atoms with Gasteiger partial charge in [0.05, 0.1) is 16.4 Å². The summed E-state index contributed by atoms with van der Waals surface area (Å²) in [7, 11) is 1.60. The Morgan fingerprint density at radius 2 is 2.00 bits per heavy atom. The van der Waals surface area contributed by atoms with E-state index in [0.717, 1.165) is 15.8 Å². The van der Waals surface area contributed by atoms with Gasteiger partial charge in [-0.15, -0.1) is 0 Å². The molecule has 2 aromatic rings. The molecule has 0 heterocycles. The van der Waals surface area contributed by atoms with E-state index in [2.05, 4.69) is 31.9 Å². The van der Waals surface area contributed by atoms with E-state index in [0.29, 0.717) is 10.6 Å². The molecule has 5 heteroatoms. The third kappa shape index (κ3) is 3.12. The molecule has 0 radical (unpaired) electrons. The molecule has 0 amide bonds. The van der Waals surface area contributed by atoms with E-state index < -0.39 is 0 Å². The first-order chi connectivity index (χ1) is 9.04. The van der Waals surface area contributed by atoms with Crippen LogP contribution in [0.25, 0.3) is 0 Å². The average molecular weight is 408 g/mol. The molecule has 2 rings (SSSR count). The Labute approximate surface area is 133 Å². The van der Waals surface area contributed by atoms with Crippen molar-refractivity contribution >= 4 is 43.5 Å². The highest BCUT2D eigenvalue weighted by Gasteiger charge is 2.19. The molecule has 0 N–H and O–H groups in total. The van der Waals surface area contributed by atoms with Gasteiger partial charge in [-0.1, -0.05) is 39.7 Å². The fourth-order valence-corrected chi connectivity index (χ4v) is 3.47. The van der Waals surface area contributed by atoms with E-state index in [1.165, 1.54) is 6.07 Å². The molecule has 0 bridgehead atoms. The summed E-state index contributed by atoms with van der Waals surface area (Å²) in [5.74, 6) is 0.393. The molecular formula is C14H10Br2ClFO. The first-order valence-electron chi connectivity index (χ1n) is 5.46. The lowest BCUT2D eigenvalue weighted by Crippen LogP contribution is -1.98. The van der Waals surface area contributed by atoms with Crippen LogP contribution in [0.5, 0.6) is 5.75 Å². The highest BCUT2D eigenvalue weighted by molar-refractivity contribution is 9.10. The first-order valence-corrected chi connectivity index (χ1v) is 7.54. The molecule has 19 heavy (non-hydrogen) atoms. The van der Waals surface area contributed by atoms with Crippen LogP contribution in [-0.4, -0.2) is 7.11 Å². The maximum Gasteiger partial charge on any atom is 0.133 e. The number of hydrogen-bond donors (Lipinski definition) is 0. The maximum absolute atomic E-state index is 13.9. The fourth-order valence-electron chi connectivity index (χ4n) is 1.76. The van der Waals surface area contributed by atoms with E-state index in [1.807, 2.05) is 18.2 Å². The van der Waals surface area contributed by atoms with Crippen molar-refractivity contribution in [1.82, 2.24) is 0 Å². The zero-order valence-electron chi connectivity index (χ0n) is 9.96. The van der Waals surface area contributed by atoms with E-state index in [-0.39, 0.29) is 10.6 Å². The van der Waals surface area contributed by atoms with E-state index in [1.54, 1.807) is 19.2 Å². The largest absolute Gasteiger partial charge is 0.496 e. The van der Waals surface area contributed by atoms with Crippen molar-refractivity contribution in [1.29, 1.82) is 0 Å². The predicted octanol–water partition coefficient (Wildman–Crippen LogP) is 5.73. The van der Waals surface area contributed by atoms with Crippen LogP contribution in [0, 0.1) is 5.82 Å². The van der Waals surface area contributed by atoms with Crippen LogP contribution < -0.4 is 4.74 Å². The molecular weight excluding hydrogens is 398 g/mol. The Balaban J connectivity index is 2.44. The number of halogens is 4. The third-order valence-electron chi connectivity index (χ3n) is 2.72. The SMILES string of the molecule is COc1ccc(C(Br)c2c(F)cccc2Cl)cc1Br. The minimum Gasteiger partial charge on any atom is -0.496 e. The van der Waals surface area contributed by atoms with Gasteiger partial charge >= 0.3 is 0 Å². The summed E-state index contributed by atoms with van der Waals surface area (Å²) in [6.07, 6.45) is 0. The second-order valence-corrected chi connectivity index (χ2v) is 6.07. The second-order valence-electron chi connectivity index (χ2n) is 3.89. The molecule has 0 fully saturated rings. The van der Waals surface area contributed by atoms with Gasteiger partial charge in [0, 0.05) is 10.6 Å². The summed E-state index contributed by atoms with van der Waals surface area (Å²) >= 11 is 13.0. The maximum atomic E-state index is 13.9. The van der Waals surface area contributed by atoms with Gasteiger partial charge in [0.1, 0.15) is 11.6 Å². The van der Waals surface area contributed by atoms with E-state index >= 15 is 0 Å². The minimum atomic E-state index is -0.332. The average Bonchev–Trinajstić information content (AvgIpc) is 2.38. The van der Waals surface area contributed by atoms with Crippen LogP contribution in [0.3, 0.4) is 0 Å². The zero-order valence-corrected chi connectivity index (χ0v) is 13.9. The van der Waals surface area contributed by atoms with Gasteiger partial charge in [0.2, 0.25) is 0 Å². The molecule has 0 aliphatic rings. The van der Waals surface area contributed by atoms with Crippen molar-refractivity contribution in [2.75, 3.05) is 7.11 Å². The number of rotatable bonds is 3. The lowest BCUT2D eigenvalue weighted by Gasteiger charge is -2.14. The molecule has 2 aromatic carbocycles. The molecule has 0 aromatic heterocycles. The minimum absolute atomic E-state index is 0.316. The predicted molar refractivity (Wildman–Crippen MR) is 82.9 cm³/mol. The number of alkyl halides is 1. The van der Waals surface area contributed by atoms with Crippen LogP contribution >= 0.6 is 43.5 Å². The summed E-state index contributed by atoms with van der Waals surface area (Å²) in [6, 6.07) is 10.2. The number of hydrogen-bond acceptors (Lipinski definition) is 1. The van der Waals surface area contributed by atoms with Crippen molar-refractivity contribution < 1.29 is 9.13 Å². The summed E-state index contributed by atoms with van der Waals surface area (Å²) < 4.78 is 19.9. The van der Waals surface area contributed by atoms with Gasteiger partial charge in [0.25, 0.3) is 0 Å². The topological polar surface area (TPSA) is 9.23 Å². The van der Waals surface area contributed by atoms with Crippen molar-refractivity contribution in [3.8, 4) is 5.75 Å². The van der Waals surface area contributed by atoms with Gasteiger partial charge in [-0.05, 0) is 45.8 Å². The summed E-state index contributed by atoms with van der Waals surface area (Å²) in [6.45, 7) is 0. The molecule has 100 valence electrons. The van der Waals surface area contributed by atoms with Crippen LogP contribution in [0.1, 0.15) is 16.0 Å². The standard InChI is InChI=1S/C14H10Br2ClFO/c1-19-12-6-5-8(7-9(12)15)14(16)13-10(17)3-2-4-11(13)18/h2-7,14H,1H3. The fraction of sp³-hybridized carbons (Fsp3) is 0.143. The monoisotopic (exact) mass is 406 g/mol. The van der Waals surface area contributed by atoms with Crippen molar-refractivity contribution in [3.05, 3.63) is 62.8 Å². The molecule has 0 aliphatic heterocycles. The second kappa shape index (κ2) is 6.25. The van der Waals surface area contributed by atoms with Crippen molar-refractivity contribution in [3.63, 3.8) is 0 Å². The summed E-state index contributed by atoms with van der Waals surface area (Å²) in [5, 5.41) is 0.397. The van der Waals surface area contributed by atoms with Crippen LogP contribution in [0.15, 0.2) is 40.9 Å². The zero-order chi connectivity index (χ0) is 14.0. The third-order valence-corrected chi connectivity index (χ3v) is 4.66. The number of methoxy groups -OCH3 is 1. The van der Waals surface area contributed by atoms with E-state index in [9.17, 15) is 4.39 Å². The molecule has 0 aliphatic carbocycles. The lowest BCUT2D eigenvalue weighted by atomic mass is 10.0. The highest BCUT2D eigenvalue weighted by Crippen LogP contribution is 2.39. The lowest BCUT2D eigenvalue weighted by molar-refractivity contribution is 0.412. The molecule has 1 unspecified atom stereocenters.